The molecule has 0 aliphatic heterocycles. The Morgan fingerprint density at radius 2 is 2.22 bits per heavy atom. The van der Waals surface area contributed by atoms with Gasteiger partial charge in [0.1, 0.15) is 0 Å². The molecule has 1 N–H and O–H groups in total. The number of aryl methyl sites for hydroxylation is 2. The van der Waals surface area contributed by atoms with Gasteiger partial charge in [0.25, 0.3) is 5.91 Å². The summed E-state index contributed by atoms with van der Waals surface area (Å²) in [5.74, 6) is 0.774. The fourth-order valence-corrected chi connectivity index (χ4v) is 1.78. The maximum atomic E-state index is 11.9. The third-order valence-electron chi connectivity index (χ3n) is 2.40. The first kappa shape index (κ1) is 12.8. The van der Waals surface area contributed by atoms with Crippen molar-refractivity contribution in [2.75, 3.05) is 0 Å². The van der Waals surface area contributed by atoms with Crippen molar-refractivity contribution in [3.05, 3.63) is 45.5 Å². The summed E-state index contributed by atoms with van der Waals surface area (Å²) in [7, 11) is 0. The molecule has 2 aromatic rings. The van der Waals surface area contributed by atoms with E-state index in [1.165, 1.54) is 0 Å². The molecule has 6 heteroatoms. The maximum Gasteiger partial charge on any atom is 0.251 e. The molecule has 1 aromatic heterocycles. The first-order valence-corrected chi connectivity index (χ1v) is 6.19. The summed E-state index contributed by atoms with van der Waals surface area (Å²) in [6.45, 7) is 3.92. The van der Waals surface area contributed by atoms with Gasteiger partial charge in [-0.25, -0.2) is 0 Å². The molecule has 0 saturated carbocycles. The minimum absolute atomic E-state index is 0.174. The summed E-state index contributed by atoms with van der Waals surface area (Å²) < 4.78 is 5.81. The number of aromatic nitrogens is 2. The van der Waals surface area contributed by atoms with Gasteiger partial charge < -0.3 is 9.84 Å². The van der Waals surface area contributed by atoms with E-state index in [1.807, 2.05) is 13.0 Å². The molecule has 1 heterocycles. The van der Waals surface area contributed by atoms with Crippen molar-refractivity contribution in [2.24, 2.45) is 0 Å². The number of nitrogens with zero attached hydrogens (tertiary/aromatic N) is 2. The second-order valence-electron chi connectivity index (χ2n) is 3.88. The first-order chi connectivity index (χ1) is 8.56. The molecule has 5 nitrogen and oxygen atoms in total. The van der Waals surface area contributed by atoms with Crippen LogP contribution in [-0.2, 0) is 6.54 Å². The molecule has 0 bridgehead atoms. The fraction of sp³-hybridized carbons (Fsp3) is 0.250. The highest BCUT2D eigenvalue weighted by atomic mass is 79.9. The first-order valence-electron chi connectivity index (χ1n) is 5.40. The molecule has 1 amide bonds. The topological polar surface area (TPSA) is 68.0 Å². The lowest BCUT2D eigenvalue weighted by Crippen LogP contribution is -2.23. The standard InChI is InChI=1S/C12H12BrN3O2/c1-7-3-4-9(5-10(7)13)12(17)14-6-11-15-8(2)16-18-11/h3-5H,6H2,1-2H3,(H,14,17). The Hall–Kier alpha value is -1.69. The lowest BCUT2D eigenvalue weighted by atomic mass is 10.1. The second kappa shape index (κ2) is 5.30. The average molecular weight is 310 g/mol. The van der Waals surface area contributed by atoms with Crippen LogP contribution in [0.25, 0.3) is 0 Å². The highest BCUT2D eigenvalue weighted by Crippen LogP contribution is 2.17. The van der Waals surface area contributed by atoms with Crippen LogP contribution in [0.4, 0.5) is 0 Å². The predicted octanol–water partition coefficient (Wildman–Crippen LogP) is 2.38. The van der Waals surface area contributed by atoms with E-state index in [0.717, 1.165) is 10.0 Å². The van der Waals surface area contributed by atoms with Crippen LogP contribution in [0.3, 0.4) is 0 Å². The van der Waals surface area contributed by atoms with Crippen LogP contribution in [0.5, 0.6) is 0 Å². The van der Waals surface area contributed by atoms with Crippen LogP contribution < -0.4 is 5.32 Å². The number of carbonyl (C=O) groups is 1. The largest absolute Gasteiger partial charge is 0.343 e. The van der Waals surface area contributed by atoms with Crippen LogP contribution in [-0.4, -0.2) is 16.0 Å². The molecular weight excluding hydrogens is 298 g/mol. The smallest absolute Gasteiger partial charge is 0.251 e. The quantitative estimate of drug-likeness (QED) is 0.945. The van der Waals surface area contributed by atoms with Crippen LogP contribution in [0.2, 0.25) is 0 Å². The van der Waals surface area contributed by atoms with Crippen LogP contribution in [0, 0.1) is 13.8 Å². The van der Waals surface area contributed by atoms with Crippen molar-refractivity contribution >= 4 is 21.8 Å². The number of benzene rings is 1. The molecule has 0 saturated heterocycles. The van der Waals surface area contributed by atoms with Gasteiger partial charge in [0.05, 0.1) is 6.54 Å². The molecule has 0 unspecified atom stereocenters. The van der Waals surface area contributed by atoms with Crippen LogP contribution >= 0.6 is 15.9 Å². The maximum absolute atomic E-state index is 11.9. The lowest BCUT2D eigenvalue weighted by molar-refractivity contribution is 0.0946. The lowest BCUT2D eigenvalue weighted by Gasteiger charge is -2.04. The number of amides is 1. The van der Waals surface area contributed by atoms with Crippen molar-refractivity contribution in [1.29, 1.82) is 0 Å². The molecule has 1 aromatic carbocycles. The fourth-order valence-electron chi connectivity index (χ4n) is 1.40. The van der Waals surface area contributed by atoms with E-state index in [4.69, 9.17) is 4.52 Å². The normalized spacial score (nSPS) is 10.4. The Kier molecular flexibility index (Phi) is 3.76. The van der Waals surface area contributed by atoms with Gasteiger partial charge in [0.15, 0.2) is 5.82 Å². The molecule has 0 aliphatic rings. The zero-order chi connectivity index (χ0) is 13.1. The van der Waals surface area contributed by atoms with E-state index in [1.54, 1.807) is 19.1 Å². The number of nitrogens with one attached hydrogen (secondary N) is 1. The average Bonchev–Trinajstić information content (AvgIpc) is 2.75. The van der Waals surface area contributed by atoms with E-state index in [9.17, 15) is 4.79 Å². The van der Waals surface area contributed by atoms with Gasteiger partial charge in [-0.3, -0.25) is 4.79 Å². The molecule has 0 radical (unpaired) electrons. The van der Waals surface area contributed by atoms with Crippen LogP contribution in [0.1, 0.15) is 27.6 Å². The number of carbonyl (C=O) groups excluding carboxylic acids is 1. The third-order valence-corrected chi connectivity index (χ3v) is 3.26. The zero-order valence-electron chi connectivity index (χ0n) is 10.0. The number of rotatable bonds is 3. The minimum atomic E-state index is -0.174. The van der Waals surface area contributed by atoms with Gasteiger partial charge in [0, 0.05) is 10.0 Å². The summed E-state index contributed by atoms with van der Waals surface area (Å²) >= 11 is 3.39. The van der Waals surface area contributed by atoms with Crippen molar-refractivity contribution in [2.45, 2.75) is 20.4 Å². The summed E-state index contributed by atoms with van der Waals surface area (Å²) in [5, 5.41) is 6.37. The van der Waals surface area contributed by atoms with E-state index in [-0.39, 0.29) is 12.5 Å². The number of halogens is 1. The van der Waals surface area contributed by atoms with Gasteiger partial charge in [-0.05, 0) is 31.5 Å². The van der Waals surface area contributed by atoms with Gasteiger partial charge in [-0.15, -0.1) is 0 Å². The summed E-state index contributed by atoms with van der Waals surface area (Å²) in [6, 6.07) is 5.44. The summed E-state index contributed by atoms with van der Waals surface area (Å²) in [5.41, 5.74) is 1.67. The van der Waals surface area contributed by atoms with Crippen molar-refractivity contribution in [1.82, 2.24) is 15.5 Å². The molecule has 18 heavy (non-hydrogen) atoms. The monoisotopic (exact) mass is 309 g/mol. The number of hydrogen-bond donors (Lipinski definition) is 1. The Morgan fingerprint density at radius 3 is 2.83 bits per heavy atom. The predicted molar refractivity (Wildman–Crippen MR) is 69.1 cm³/mol. The molecule has 0 aliphatic carbocycles. The van der Waals surface area contributed by atoms with Crippen molar-refractivity contribution in [3.63, 3.8) is 0 Å². The Labute approximate surface area is 113 Å². The molecule has 0 spiro atoms. The Bertz CT molecular complexity index is 580. The van der Waals surface area contributed by atoms with Gasteiger partial charge in [-0.1, -0.05) is 27.2 Å². The molecule has 2 rings (SSSR count). The van der Waals surface area contributed by atoms with E-state index >= 15 is 0 Å². The van der Waals surface area contributed by atoms with Gasteiger partial charge >= 0.3 is 0 Å². The van der Waals surface area contributed by atoms with Gasteiger partial charge in [-0.2, -0.15) is 4.98 Å². The minimum Gasteiger partial charge on any atom is -0.343 e. The molecule has 94 valence electrons. The third kappa shape index (κ3) is 2.95. The summed E-state index contributed by atoms with van der Waals surface area (Å²) in [4.78, 5) is 15.9. The summed E-state index contributed by atoms with van der Waals surface area (Å²) in [6.07, 6.45) is 0. The SMILES string of the molecule is Cc1noc(CNC(=O)c2ccc(C)c(Br)c2)n1. The molecule has 0 fully saturated rings. The van der Waals surface area contributed by atoms with Crippen molar-refractivity contribution < 1.29 is 9.32 Å². The van der Waals surface area contributed by atoms with Crippen molar-refractivity contribution in [3.8, 4) is 0 Å². The highest BCUT2D eigenvalue weighted by molar-refractivity contribution is 9.10. The zero-order valence-corrected chi connectivity index (χ0v) is 11.6. The Balaban J connectivity index is 2.01. The molecular formula is C12H12BrN3O2. The van der Waals surface area contributed by atoms with E-state index in [2.05, 4.69) is 31.4 Å². The Morgan fingerprint density at radius 1 is 1.44 bits per heavy atom. The van der Waals surface area contributed by atoms with E-state index in [0.29, 0.717) is 17.3 Å². The highest BCUT2D eigenvalue weighted by Gasteiger charge is 2.09. The van der Waals surface area contributed by atoms with Gasteiger partial charge in [0.2, 0.25) is 5.89 Å². The number of hydrogen-bond acceptors (Lipinski definition) is 4. The molecule has 0 atom stereocenters. The van der Waals surface area contributed by atoms with Crippen LogP contribution in [0.15, 0.2) is 27.2 Å². The second-order valence-corrected chi connectivity index (χ2v) is 4.74. The van der Waals surface area contributed by atoms with E-state index < -0.39 is 0 Å².